The smallest absolute Gasteiger partial charge is 0.412 e. The maximum atomic E-state index is 12.0. The lowest BCUT2D eigenvalue weighted by Gasteiger charge is -2.23. The Hall–Kier alpha value is -3.55. The second kappa shape index (κ2) is 9.09. The molecule has 2 aromatic carbocycles. The van der Waals surface area contributed by atoms with Gasteiger partial charge >= 0.3 is 6.09 Å². The Bertz CT molecular complexity index is 884. The van der Waals surface area contributed by atoms with E-state index in [1.165, 1.54) is 4.90 Å². The van der Waals surface area contributed by atoms with Crippen LogP contribution in [-0.4, -0.2) is 34.7 Å². The minimum Gasteiger partial charge on any atom is -0.465 e. The van der Waals surface area contributed by atoms with Gasteiger partial charge in [0.1, 0.15) is 0 Å². The molecule has 0 saturated heterocycles. The molecule has 0 aliphatic carbocycles. The van der Waals surface area contributed by atoms with Gasteiger partial charge in [-0.2, -0.15) is 0 Å². The number of amidine groups is 1. The number of hydrogen-bond acceptors (Lipinski definition) is 4. The van der Waals surface area contributed by atoms with Gasteiger partial charge in [-0.3, -0.25) is 9.69 Å². The average Bonchev–Trinajstić information content (AvgIpc) is 2.69. The molecule has 0 fully saturated rings. The van der Waals surface area contributed by atoms with E-state index in [0.29, 0.717) is 11.3 Å². The van der Waals surface area contributed by atoms with Crippen molar-refractivity contribution in [2.75, 3.05) is 11.4 Å². The highest BCUT2D eigenvalue weighted by Gasteiger charge is 2.18. The van der Waals surface area contributed by atoms with Gasteiger partial charge in [0.2, 0.25) is 0 Å². The molecule has 2 rings (SSSR count). The fourth-order valence-corrected chi connectivity index (χ4v) is 2.66. The topological polar surface area (TPSA) is 128 Å². The Balaban J connectivity index is 2.11. The number of carbonyl (C=O) groups excluding carboxylic acids is 1. The van der Waals surface area contributed by atoms with Gasteiger partial charge in [0.15, 0.2) is 5.84 Å². The van der Waals surface area contributed by atoms with Gasteiger partial charge in [0, 0.05) is 11.3 Å². The summed E-state index contributed by atoms with van der Waals surface area (Å²) in [5.74, 6) is -0.486. The highest BCUT2D eigenvalue weighted by Crippen LogP contribution is 2.26. The van der Waals surface area contributed by atoms with Crippen LogP contribution < -0.4 is 16.0 Å². The van der Waals surface area contributed by atoms with Crippen LogP contribution in [0.25, 0.3) is 0 Å². The number of carboxylic acid groups (broad SMARTS) is 1. The molecule has 0 radical (unpaired) electrons. The first-order valence-corrected chi connectivity index (χ1v) is 9.06. The summed E-state index contributed by atoms with van der Waals surface area (Å²) in [6.07, 6.45) is -1.06. The zero-order valence-corrected chi connectivity index (χ0v) is 16.7. The van der Waals surface area contributed by atoms with Gasteiger partial charge in [-0.05, 0) is 40.8 Å². The molecule has 0 bridgehead atoms. The van der Waals surface area contributed by atoms with Crippen molar-refractivity contribution < 1.29 is 19.9 Å². The fourth-order valence-electron chi connectivity index (χ4n) is 2.66. The quantitative estimate of drug-likeness (QED) is 0.257. The maximum Gasteiger partial charge on any atom is 0.412 e. The first-order chi connectivity index (χ1) is 13.6. The third kappa shape index (κ3) is 5.97. The number of hydrogen-bond donors (Lipinski definition) is 4. The van der Waals surface area contributed by atoms with Crippen LogP contribution in [0.5, 0.6) is 0 Å². The average molecular weight is 398 g/mol. The summed E-state index contributed by atoms with van der Waals surface area (Å²) < 4.78 is 0. The van der Waals surface area contributed by atoms with E-state index in [-0.39, 0.29) is 30.2 Å². The molecular weight excluding hydrogens is 372 g/mol. The van der Waals surface area contributed by atoms with E-state index in [2.05, 4.69) is 31.2 Å². The van der Waals surface area contributed by atoms with Crippen molar-refractivity contribution in [2.45, 2.75) is 32.7 Å². The molecule has 0 saturated carbocycles. The summed E-state index contributed by atoms with van der Waals surface area (Å²) in [5, 5.41) is 23.4. The third-order valence-electron chi connectivity index (χ3n) is 4.39. The molecule has 2 amide bonds. The van der Waals surface area contributed by atoms with Crippen LogP contribution in [0.15, 0.2) is 53.7 Å². The number of nitrogens with one attached hydrogen (secondary N) is 1. The van der Waals surface area contributed by atoms with Crippen LogP contribution in [0.1, 0.15) is 42.3 Å². The molecule has 2 aromatic rings. The summed E-state index contributed by atoms with van der Waals surface area (Å²) in [6.45, 7) is 6.36. The SMILES string of the molecule is CC(C)(C)c1ccc(N(Cc2ccc(C(=O)NC/C(N)=N\O)cc2)C(=O)O)cc1. The molecule has 0 heterocycles. The summed E-state index contributed by atoms with van der Waals surface area (Å²) in [7, 11) is 0. The van der Waals surface area contributed by atoms with Crippen molar-refractivity contribution in [2.24, 2.45) is 10.9 Å². The predicted octanol–water partition coefficient (Wildman–Crippen LogP) is 3.14. The Morgan fingerprint density at radius 3 is 2.14 bits per heavy atom. The van der Waals surface area contributed by atoms with Gasteiger partial charge < -0.3 is 21.4 Å². The molecule has 5 N–H and O–H groups in total. The lowest BCUT2D eigenvalue weighted by Crippen LogP contribution is -2.33. The van der Waals surface area contributed by atoms with E-state index in [9.17, 15) is 14.7 Å². The first kappa shape index (κ1) is 21.7. The van der Waals surface area contributed by atoms with Crippen LogP contribution in [0.2, 0.25) is 0 Å². The highest BCUT2D eigenvalue weighted by molar-refractivity contribution is 5.97. The normalized spacial score (nSPS) is 11.8. The monoisotopic (exact) mass is 398 g/mol. The molecule has 0 aliphatic rings. The molecule has 8 heteroatoms. The van der Waals surface area contributed by atoms with E-state index in [1.54, 1.807) is 36.4 Å². The van der Waals surface area contributed by atoms with E-state index in [4.69, 9.17) is 10.9 Å². The highest BCUT2D eigenvalue weighted by atomic mass is 16.4. The van der Waals surface area contributed by atoms with Gasteiger partial charge in [-0.1, -0.05) is 50.2 Å². The minimum atomic E-state index is -1.06. The third-order valence-corrected chi connectivity index (χ3v) is 4.39. The van der Waals surface area contributed by atoms with Crippen LogP contribution in [-0.2, 0) is 12.0 Å². The minimum absolute atomic E-state index is 0.0172. The first-order valence-electron chi connectivity index (χ1n) is 9.06. The van der Waals surface area contributed by atoms with Crippen molar-refractivity contribution in [3.8, 4) is 0 Å². The number of benzene rings is 2. The van der Waals surface area contributed by atoms with Crippen molar-refractivity contribution in [3.05, 3.63) is 65.2 Å². The second-order valence-electron chi connectivity index (χ2n) is 7.64. The van der Waals surface area contributed by atoms with Crippen LogP contribution in [0.3, 0.4) is 0 Å². The lowest BCUT2D eigenvalue weighted by molar-refractivity contribution is 0.0959. The molecule has 0 atom stereocenters. The van der Waals surface area contributed by atoms with E-state index in [0.717, 1.165) is 11.1 Å². The molecular formula is C21H26N4O4. The zero-order valence-electron chi connectivity index (χ0n) is 16.7. The van der Waals surface area contributed by atoms with Gasteiger partial charge in [0.05, 0.1) is 13.1 Å². The Kier molecular flexibility index (Phi) is 6.82. The van der Waals surface area contributed by atoms with E-state index < -0.39 is 6.09 Å². The number of amides is 2. The van der Waals surface area contributed by atoms with Crippen molar-refractivity contribution in [1.29, 1.82) is 0 Å². The number of rotatable bonds is 6. The predicted molar refractivity (Wildman–Crippen MR) is 112 cm³/mol. The maximum absolute atomic E-state index is 12.0. The largest absolute Gasteiger partial charge is 0.465 e. The molecule has 29 heavy (non-hydrogen) atoms. The molecule has 0 aliphatic heterocycles. The Morgan fingerprint density at radius 2 is 1.66 bits per heavy atom. The number of nitrogens with two attached hydrogens (primary N) is 1. The second-order valence-corrected chi connectivity index (χ2v) is 7.64. The van der Waals surface area contributed by atoms with E-state index >= 15 is 0 Å². The summed E-state index contributed by atoms with van der Waals surface area (Å²) in [5.41, 5.74) is 8.12. The zero-order chi connectivity index (χ0) is 21.6. The molecule has 8 nitrogen and oxygen atoms in total. The van der Waals surface area contributed by atoms with E-state index in [1.807, 2.05) is 12.1 Å². The standard InChI is InChI=1S/C21H26N4O4/c1-21(2,3)16-8-10-17(11-9-16)25(20(27)28)13-14-4-6-15(7-5-14)19(26)23-12-18(22)24-29/h4-11,29H,12-13H2,1-3H3,(H2,22,24)(H,23,26)(H,27,28). The van der Waals surface area contributed by atoms with Crippen molar-refractivity contribution in [1.82, 2.24) is 5.32 Å². The van der Waals surface area contributed by atoms with Crippen LogP contribution in [0.4, 0.5) is 10.5 Å². The molecule has 154 valence electrons. The Labute approximate surface area is 169 Å². The van der Waals surface area contributed by atoms with Gasteiger partial charge in [0.25, 0.3) is 5.91 Å². The van der Waals surface area contributed by atoms with Crippen molar-refractivity contribution in [3.63, 3.8) is 0 Å². The summed E-state index contributed by atoms with van der Waals surface area (Å²) in [4.78, 5) is 25.0. The van der Waals surface area contributed by atoms with Gasteiger partial charge in [-0.15, -0.1) is 0 Å². The number of nitrogens with zero attached hydrogens (tertiary/aromatic N) is 2. The van der Waals surface area contributed by atoms with Gasteiger partial charge in [-0.25, -0.2) is 4.79 Å². The lowest BCUT2D eigenvalue weighted by atomic mass is 9.87. The number of anilines is 1. The summed E-state index contributed by atoms with van der Waals surface area (Å²) in [6, 6.07) is 14.0. The number of carbonyl (C=O) groups is 2. The van der Waals surface area contributed by atoms with Crippen molar-refractivity contribution >= 4 is 23.5 Å². The Morgan fingerprint density at radius 1 is 1.07 bits per heavy atom. The van der Waals surface area contributed by atoms with Crippen LogP contribution in [0, 0.1) is 0 Å². The molecule has 0 spiro atoms. The number of oxime groups is 1. The summed E-state index contributed by atoms with van der Waals surface area (Å²) >= 11 is 0. The van der Waals surface area contributed by atoms with Crippen LogP contribution >= 0.6 is 0 Å². The molecule has 0 aromatic heterocycles. The fraction of sp³-hybridized carbons (Fsp3) is 0.286. The molecule has 0 unspecified atom stereocenters.